The van der Waals surface area contributed by atoms with Gasteiger partial charge in [-0.05, 0) is 122 Å². The first-order chi connectivity index (χ1) is 40.0. The van der Waals surface area contributed by atoms with Crippen molar-refractivity contribution in [2.24, 2.45) is 0 Å². The van der Waals surface area contributed by atoms with Gasteiger partial charge in [0.15, 0.2) is 6.10 Å². The SMILES string of the molecule is CC/C=C\C/C=C\C/C=C\C/C=C\C/C=C\CCCCCCCC(=O)OC(COC(=O)CCCCCCC/C=C\CCCCCC)COC(=O)CCCCCCCCCCCCCCCCCCC/C=C\C/C=C\CCCCCCC. The van der Waals surface area contributed by atoms with E-state index in [0.29, 0.717) is 19.3 Å². The first-order valence-electron chi connectivity index (χ1n) is 34.7. The van der Waals surface area contributed by atoms with Crippen molar-refractivity contribution in [3.63, 3.8) is 0 Å². The first-order valence-corrected chi connectivity index (χ1v) is 34.7. The number of carbonyl (C=O) groups is 3. The summed E-state index contributed by atoms with van der Waals surface area (Å²) in [7, 11) is 0. The number of hydrogen-bond donors (Lipinski definition) is 0. The van der Waals surface area contributed by atoms with E-state index < -0.39 is 6.10 Å². The quantitative estimate of drug-likeness (QED) is 0.0261. The van der Waals surface area contributed by atoms with Crippen LogP contribution in [0.3, 0.4) is 0 Å². The molecule has 0 aliphatic heterocycles. The van der Waals surface area contributed by atoms with Crippen molar-refractivity contribution in [2.45, 2.75) is 348 Å². The van der Waals surface area contributed by atoms with E-state index in [1.54, 1.807) is 0 Å². The third-order valence-corrected chi connectivity index (χ3v) is 15.0. The predicted octanol–water partition coefficient (Wildman–Crippen LogP) is 24.0. The summed E-state index contributed by atoms with van der Waals surface area (Å²) in [6.07, 6.45) is 92.9. The zero-order chi connectivity index (χ0) is 58.5. The van der Waals surface area contributed by atoms with Crippen LogP contribution in [0.1, 0.15) is 342 Å². The van der Waals surface area contributed by atoms with E-state index in [1.165, 1.54) is 180 Å². The van der Waals surface area contributed by atoms with Gasteiger partial charge in [-0.15, -0.1) is 0 Å². The number of carbonyl (C=O) groups excluding carboxylic acids is 3. The molecule has 0 aromatic rings. The maximum atomic E-state index is 12.9. The summed E-state index contributed by atoms with van der Waals surface area (Å²) in [5, 5.41) is 0. The number of unbranched alkanes of at least 4 members (excludes halogenated alkanes) is 36. The van der Waals surface area contributed by atoms with Crippen molar-refractivity contribution in [2.75, 3.05) is 13.2 Å². The molecule has 6 nitrogen and oxygen atoms in total. The molecule has 0 aliphatic rings. The van der Waals surface area contributed by atoms with Crippen molar-refractivity contribution < 1.29 is 28.6 Å². The van der Waals surface area contributed by atoms with Crippen LogP contribution in [-0.2, 0) is 28.6 Å². The van der Waals surface area contributed by atoms with Gasteiger partial charge in [-0.1, -0.05) is 298 Å². The van der Waals surface area contributed by atoms with E-state index in [0.717, 1.165) is 122 Å². The normalized spacial score (nSPS) is 12.7. The summed E-state index contributed by atoms with van der Waals surface area (Å²) in [6.45, 7) is 6.51. The third-order valence-electron chi connectivity index (χ3n) is 15.0. The molecule has 0 aromatic carbocycles. The average Bonchev–Trinajstić information content (AvgIpc) is 3.46. The summed E-state index contributed by atoms with van der Waals surface area (Å²) in [5.41, 5.74) is 0. The average molecular weight is 1130 g/mol. The minimum atomic E-state index is -0.793. The molecule has 6 heteroatoms. The molecule has 0 rings (SSSR count). The fraction of sp³-hybridized carbons (Fsp3) is 0.747. The topological polar surface area (TPSA) is 78.9 Å². The van der Waals surface area contributed by atoms with Crippen LogP contribution >= 0.6 is 0 Å². The highest BCUT2D eigenvalue weighted by molar-refractivity contribution is 5.71. The van der Waals surface area contributed by atoms with Crippen LogP contribution in [0.2, 0.25) is 0 Å². The van der Waals surface area contributed by atoms with Crippen LogP contribution < -0.4 is 0 Å². The Kier molecular flexibility index (Phi) is 65.7. The highest BCUT2D eigenvalue weighted by atomic mass is 16.6. The second-order valence-electron chi connectivity index (χ2n) is 23.1. The van der Waals surface area contributed by atoms with Gasteiger partial charge in [0, 0.05) is 19.3 Å². The lowest BCUT2D eigenvalue weighted by atomic mass is 10.0. The Morgan fingerprint density at radius 2 is 0.481 bits per heavy atom. The second-order valence-corrected chi connectivity index (χ2v) is 23.1. The maximum Gasteiger partial charge on any atom is 0.306 e. The van der Waals surface area contributed by atoms with Crippen LogP contribution in [0, 0.1) is 0 Å². The molecule has 0 amide bonds. The first kappa shape index (κ1) is 77.3. The monoisotopic (exact) mass is 1130 g/mol. The summed E-state index contributed by atoms with van der Waals surface area (Å²) >= 11 is 0. The molecule has 0 heterocycles. The summed E-state index contributed by atoms with van der Waals surface area (Å²) in [6, 6.07) is 0. The second kappa shape index (κ2) is 68.8. The van der Waals surface area contributed by atoms with Gasteiger partial charge in [0.25, 0.3) is 0 Å². The Labute approximate surface area is 502 Å². The van der Waals surface area contributed by atoms with Crippen LogP contribution in [0.5, 0.6) is 0 Å². The lowest BCUT2D eigenvalue weighted by Gasteiger charge is -2.18. The Morgan fingerprint density at radius 3 is 0.778 bits per heavy atom. The van der Waals surface area contributed by atoms with Gasteiger partial charge < -0.3 is 14.2 Å². The van der Waals surface area contributed by atoms with Crippen molar-refractivity contribution >= 4 is 17.9 Å². The number of allylic oxidation sites excluding steroid dienone is 16. The molecular formula is C75H130O6. The Morgan fingerprint density at radius 1 is 0.259 bits per heavy atom. The van der Waals surface area contributed by atoms with Crippen molar-refractivity contribution in [1.82, 2.24) is 0 Å². The van der Waals surface area contributed by atoms with Crippen LogP contribution in [0.4, 0.5) is 0 Å². The molecule has 0 spiro atoms. The Bertz CT molecular complexity index is 1580. The van der Waals surface area contributed by atoms with Crippen LogP contribution in [0.25, 0.3) is 0 Å². The third kappa shape index (κ3) is 67.0. The molecule has 0 bridgehead atoms. The van der Waals surface area contributed by atoms with E-state index >= 15 is 0 Å². The van der Waals surface area contributed by atoms with Crippen molar-refractivity contribution in [3.05, 3.63) is 97.2 Å². The molecule has 81 heavy (non-hydrogen) atoms. The lowest BCUT2D eigenvalue weighted by molar-refractivity contribution is -0.167. The molecule has 1 unspecified atom stereocenters. The zero-order valence-electron chi connectivity index (χ0n) is 53.5. The van der Waals surface area contributed by atoms with Crippen molar-refractivity contribution in [1.29, 1.82) is 0 Å². The number of hydrogen-bond acceptors (Lipinski definition) is 6. The summed E-state index contributed by atoms with van der Waals surface area (Å²) in [5.74, 6) is -0.901. The summed E-state index contributed by atoms with van der Waals surface area (Å²) < 4.78 is 16.9. The van der Waals surface area contributed by atoms with E-state index in [1.807, 2.05) is 0 Å². The molecule has 0 saturated heterocycles. The van der Waals surface area contributed by atoms with Gasteiger partial charge in [-0.2, -0.15) is 0 Å². The van der Waals surface area contributed by atoms with E-state index in [-0.39, 0.29) is 31.1 Å². The summed E-state index contributed by atoms with van der Waals surface area (Å²) in [4.78, 5) is 38.4. The fourth-order valence-electron chi connectivity index (χ4n) is 9.85. The van der Waals surface area contributed by atoms with Crippen LogP contribution in [-0.4, -0.2) is 37.2 Å². The minimum Gasteiger partial charge on any atom is -0.462 e. The number of esters is 3. The largest absolute Gasteiger partial charge is 0.462 e. The van der Waals surface area contributed by atoms with Gasteiger partial charge in [0.2, 0.25) is 0 Å². The van der Waals surface area contributed by atoms with Crippen LogP contribution in [0.15, 0.2) is 97.2 Å². The van der Waals surface area contributed by atoms with Gasteiger partial charge in [-0.25, -0.2) is 0 Å². The molecule has 0 aliphatic carbocycles. The zero-order valence-corrected chi connectivity index (χ0v) is 53.5. The Balaban J connectivity index is 4.27. The molecule has 1 atom stereocenters. The maximum absolute atomic E-state index is 12.9. The highest BCUT2D eigenvalue weighted by Gasteiger charge is 2.19. The highest BCUT2D eigenvalue weighted by Crippen LogP contribution is 2.17. The van der Waals surface area contributed by atoms with Gasteiger partial charge in [0.1, 0.15) is 13.2 Å². The molecule has 0 radical (unpaired) electrons. The van der Waals surface area contributed by atoms with Gasteiger partial charge in [0.05, 0.1) is 0 Å². The molecule has 0 saturated carbocycles. The number of rotatable bonds is 63. The molecule has 0 aromatic heterocycles. The Hall–Kier alpha value is -3.67. The smallest absolute Gasteiger partial charge is 0.306 e. The molecule has 0 fully saturated rings. The minimum absolute atomic E-state index is 0.0862. The lowest BCUT2D eigenvalue weighted by Crippen LogP contribution is -2.30. The molecule has 0 N–H and O–H groups in total. The predicted molar refractivity (Wildman–Crippen MR) is 353 cm³/mol. The van der Waals surface area contributed by atoms with E-state index in [4.69, 9.17) is 14.2 Å². The van der Waals surface area contributed by atoms with E-state index in [9.17, 15) is 14.4 Å². The van der Waals surface area contributed by atoms with Gasteiger partial charge >= 0.3 is 17.9 Å². The van der Waals surface area contributed by atoms with E-state index in [2.05, 4.69) is 118 Å². The van der Waals surface area contributed by atoms with Gasteiger partial charge in [-0.3, -0.25) is 14.4 Å². The standard InChI is InChI=1S/C75H130O6/c1-4-7-10-13-16-19-22-25-27-29-31-33-34-35-36-37-38-39-40-42-43-45-47-50-53-56-59-62-65-68-74(77)80-71-72(70-79-73(76)67-64-61-58-55-52-49-24-21-18-15-12-9-6-3)81-75(78)69-66-63-60-57-54-51-48-46-44-41-32-30-28-26-23-20-17-14-11-8-5-2/h8,11,17,20-22,24-26,28-29,31-32,41,46,48,72H,4-7,9-10,12-16,18-19,23,27,30,33-40,42-45,47,49-71H2,1-3H3/b11-8-,20-17-,24-21-,25-22-,28-26-,31-29-,41-32-,48-46-. The molecule has 466 valence electrons. The fourth-order valence-corrected chi connectivity index (χ4v) is 9.85. The molecular weight excluding hydrogens is 997 g/mol. The number of ether oxygens (including phenoxy) is 3. The van der Waals surface area contributed by atoms with Crippen molar-refractivity contribution in [3.8, 4) is 0 Å².